The number of sulfonamides is 1. The van der Waals surface area contributed by atoms with Gasteiger partial charge in [-0.1, -0.05) is 6.92 Å². The number of aliphatic hydroxyl groups is 1. The minimum atomic E-state index is -3.56. The van der Waals surface area contributed by atoms with Crippen LogP contribution in [0.1, 0.15) is 19.8 Å². The van der Waals surface area contributed by atoms with Crippen molar-refractivity contribution in [1.29, 1.82) is 0 Å². The monoisotopic (exact) mass is 259 g/mol. The third-order valence-corrected chi connectivity index (χ3v) is 5.16. The minimum absolute atomic E-state index is 0.0880. The van der Waals surface area contributed by atoms with Crippen molar-refractivity contribution in [3.8, 4) is 0 Å². The van der Waals surface area contributed by atoms with Gasteiger partial charge in [-0.3, -0.25) is 0 Å². The Morgan fingerprint density at radius 2 is 2.41 bits per heavy atom. The number of hydrogen-bond donors (Lipinski definition) is 2. The van der Waals surface area contributed by atoms with E-state index in [-0.39, 0.29) is 23.6 Å². The van der Waals surface area contributed by atoms with E-state index in [0.717, 1.165) is 12.8 Å². The van der Waals surface area contributed by atoms with Crippen LogP contribution < -0.4 is 0 Å². The minimum Gasteiger partial charge on any atom is -0.395 e. The van der Waals surface area contributed by atoms with Crippen molar-refractivity contribution in [2.45, 2.75) is 30.8 Å². The van der Waals surface area contributed by atoms with Gasteiger partial charge in [0.2, 0.25) is 0 Å². The van der Waals surface area contributed by atoms with Crippen LogP contribution in [0.4, 0.5) is 0 Å². The van der Waals surface area contributed by atoms with Gasteiger partial charge in [0.15, 0.2) is 5.03 Å². The molecule has 1 aromatic rings. The van der Waals surface area contributed by atoms with Gasteiger partial charge in [0, 0.05) is 6.54 Å². The number of aliphatic hydroxyl groups excluding tert-OH is 1. The molecule has 17 heavy (non-hydrogen) atoms. The van der Waals surface area contributed by atoms with Gasteiger partial charge in [-0.25, -0.2) is 13.4 Å². The maximum atomic E-state index is 12.3. The van der Waals surface area contributed by atoms with E-state index < -0.39 is 10.0 Å². The van der Waals surface area contributed by atoms with Crippen LogP contribution in [0.3, 0.4) is 0 Å². The molecular weight excluding hydrogens is 242 g/mol. The highest BCUT2D eigenvalue weighted by atomic mass is 32.2. The van der Waals surface area contributed by atoms with Crippen LogP contribution in [0, 0.1) is 5.92 Å². The number of nitrogens with zero attached hydrogens (tertiary/aromatic N) is 2. The van der Waals surface area contributed by atoms with Crippen LogP contribution in [0.25, 0.3) is 0 Å². The molecule has 2 atom stereocenters. The zero-order valence-electron chi connectivity index (χ0n) is 9.70. The molecule has 7 heteroatoms. The van der Waals surface area contributed by atoms with Crippen LogP contribution in [0.2, 0.25) is 0 Å². The Hall–Kier alpha value is -0.920. The first-order valence-electron chi connectivity index (χ1n) is 5.68. The number of nitrogens with one attached hydrogen (secondary N) is 1. The van der Waals surface area contributed by atoms with Gasteiger partial charge in [0.05, 0.1) is 25.2 Å². The van der Waals surface area contributed by atoms with E-state index >= 15 is 0 Å². The summed E-state index contributed by atoms with van der Waals surface area (Å²) in [6.07, 6.45) is 4.41. The molecule has 0 radical (unpaired) electrons. The molecule has 2 unspecified atom stereocenters. The second-order valence-electron chi connectivity index (χ2n) is 4.40. The van der Waals surface area contributed by atoms with Crippen LogP contribution in [0.15, 0.2) is 17.6 Å². The molecule has 0 spiro atoms. The lowest BCUT2D eigenvalue weighted by Crippen LogP contribution is -2.49. The molecule has 0 aliphatic carbocycles. The fourth-order valence-corrected chi connectivity index (χ4v) is 3.94. The number of H-pyrrole nitrogens is 1. The predicted octanol–water partition coefficient (Wildman–Crippen LogP) is 0.191. The average Bonchev–Trinajstić information content (AvgIpc) is 2.82. The molecule has 1 aromatic heterocycles. The first-order chi connectivity index (χ1) is 8.07. The first-order valence-corrected chi connectivity index (χ1v) is 7.12. The van der Waals surface area contributed by atoms with E-state index in [4.69, 9.17) is 0 Å². The molecule has 6 nitrogen and oxygen atoms in total. The van der Waals surface area contributed by atoms with Gasteiger partial charge >= 0.3 is 0 Å². The highest BCUT2D eigenvalue weighted by Gasteiger charge is 2.37. The molecule has 0 saturated carbocycles. The quantitative estimate of drug-likeness (QED) is 0.811. The molecule has 2 rings (SSSR count). The smallest absolute Gasteiger partial charge is 0.260 e. The summed E-state index contributed by atoms with van der Waals surface area (Å²) in [4.78, 5) is 6.34. The predicted molar refractivity (Wildman–Crippen MR) is 61.8 cm³/mol. The highest BCUT2D eigenvalue weighted by molar-refractivity contribution is 7.89. The van der Waals surface area contributed by atoms with Crippen LogP contribution in [0.5, 0.6) is 0 Å². The van der Waals surface area contributed by atoms with Gasteiger partial charge in [-0.15, -0.1) is 0 Å². The number of aromatic nitrogens is 2. The van der Waals surface area contributed by atoms with Crippen LogP contribution in [-0.2, 0) is 10.0 Å². The third-order valence-electron chi connectivity index (χ3n) is 3.31. The number of piperidine rings is 1. The van der Waals surface area contributed by atoms with Crippen molar-refractivity contribution in [1.82, 2.24) is 14.3 Å². The van der Waals surface area contributed by atoms with Crippen LogP contribution in [-0.4, -0.2) is 47.0 Å². The van der Waals surface area contributed by atoms with Crippen molar-refractivity contribution in [3.63, 3.8) is 0 Å². The summed E-state index contributed by atoms with van der Waals surface area (Å²) in [7, 11) is -3.56. The molecule has 0 amide bonds. The normalized spacial score (nSPS) is 27.2. The summed E-state index contributed by atoms with van der Waals surface area (Å²) in [5.74, 6) is 0.173. The Morgan fingerprint density at radius 3 is 3.00 bits per heavy atom. The number of hydrogen-bond acceptors (Lipinski definition) is 4. The fraction of sp³-hybridized carbons (Fsp3) is 0.700. The molecule has 0 bridgehead atoms. The summed E-state index contributed by atoms with van der Waals surface area (Å²) in [5, 5.41) is 9.45. The number of aromatic amines is 1. The molecule has 1 saturated heterocycles. The van der Waals surface area contributed by atoms with Crippen molar-refractivity contribution in [2.75, 3.05) is 13.2 Å². The fourth-order valence-electron chi connectivity index (χ4n) is 2.29. The van der Waals surface area contributed by atoms with Crippen molar-refractivity contribution >= 4 is 10.0 Å². The van der Waals surface area contributed by atoms with E-state index in [9.17, 15) is 13.5 Å². The number of rotatable bonds is 3. The average molecular weight is 259 g/mol. The summed E-state index contributed by atoms with van der Waals surface area (Å²) in [6.45, 7) is 2.28. The number of imidazole rings is 1. The lowest BCUT2D eigenvalue weighted by molar-refractivity contribution is 0.113. The molecule has 2 N–H and O–H groups in total. The van der Waals surface area contributed by atoms with E-state index in [1.54, 1.807) is 0 Å². The van der Waals surface area contributed by atoms with E-state index in [2.05, 4.69) is 9.97 Å². The molecule has 96 valence electrons. The molecule has 2 heterocycles. The molecule has 1 aliphatic rings. The Balaban J connectivity index is 2.32. The topological polar surface area (TPSA) is 86.3 Å². The highest BCUT2D eigenvalue weighted by Crippen LogP contribution is 2.27. The van der Waals surface area contributed by atoms with Crippen molar-refractivity contribution < 1.29 is 13.5 Å². The zero-order valence-corrected chi connectivity index (χ0v) is 10.5. The third kappa shape index (κ3) is 2.22. The largest absolute Gasteiger partial charge is 0.395 e. The summed E-state index contributed by atoms with van der Waals surface area (Å²) in [5.41, 5.74) is 0. The van der Waals surface area contributed by atoms with Gasteiger partial charge in [-0.05, 0) is 18.8 Å². The van der Waals surface area contributed by atoms with Gasteiger partial charge in [-0.2, -0.15) is 4.31 Å². The van der Waals surface area contributed by atoms with Crippen LogP contribution >= 0.6 is 0 Å². The summed E-state index contributed by atoms with van der Waals surface area (Å²) < 4.78 is 26.0. The molecular formula is C10H17N3O3S. The van der Waals surface area contributed by atoms with E-state index in [1.165, 1.54) is 16.8 Å². The van der Waals surface area contributed by atoms with Gasteiger partial charge in [0.1, 0.15) is 0 Å². The molecule has 1 fully saturated rings. The lowest BCUT2D eigenvalue weighted by Gasteiger charge is -2.37. The zero-order chi connectivity index (χ0) is 12.5. The van der Waals surface area contributed by atoms with Gasteiger partial charge < -0.3 is 10.1 Å². The summed E-state index contributed by atoms with van der Waals surface area (Å²) in [6, 6.07) is -0.336. The van der Waals surface area contributed by atoms with Crippen molar-refractivity contribution in [3.05, 3.63) is 12.5 Å². The summed E-state index contributed by atoms with van der Waals surface area (Å²) >= 11 is 0. The second-order valence-corrected chi connectivity index (χ2v) is 6.26. The second kappa shape index (κ2) is 4.75. The standard InChI is InChI=1S/C10H17N3O3S/c1-8-3-2-4-13(9(8)6-14)17(15,16)10-5-11-7-12-10/h5,7-9,14H,2-4,6H2,1H3,(H,11,12). The molecule has 1 aliphatic heterocycles. The van der Waals surface area contributed by atoms with Crippen molar-refractivity contribution in [2.24, 2.45) is 5.92 Å². The van der Waals surface area contributed by atoms with E-state index in [1.807, 2.05) is 6.92 Å². The maximum absolute atomic E-state index is 12.3. The Kier molecular flexibility index (Phi) is 3.50. The lowest BCUT2D eigenvalue weighted by atomic mass is 9.93. The Morgan fingerprint density at radius 1 is 1.65 bits per heavy atom. The molecule has 0 aromatic carbocycles. The Labute approximate surface area is 101 Å². The Bertz CT molecular complexity index is 457. The first kappa shape index (κ1) is 12.5. The SMILES string of the molecule is CC1CCCN(S(=O)(=O)c2cnc[nH]2)C1CO. The maximum Gasteiger partial charge on any atom is 0.260 e. The van der Waals surface area contributed by atoms with E-state index in [0.29, 0.717) is 6.54 Å². The van der Waals surface area contributed by atoms with Gasteiger partial charge in [0.25, 0.3) is 10.0 Å².